The molecule has 0 unspecified atom stereocenters. The molecule has 0 radical (unpaired) electrons. The van der Waals surface area contributed by atoms with Crippen LogP contribution in [0.5, 0.6) is 11.5 Å². The van der Waals surface area contributed by atoms with E-state index in [4.69, 9.17) is 25.8 Å². The van der Waals surface area contributed by atoms with Crippen molar-refractivity contribution in [1.82, 2.24) is 4.90 Å². The summed E-state index contributed by atoms with van der Waals surface area (Å²) >= 11 is 7.23. The van der Waals surface area contributed by atoms with Crippen LogP contribution in [0.3, 0.4) is 0 Å². The second-order valence-corrected chi connectivity index (χ2v) is 10.2. The SMILES string of the molecule is CCOC(=O)c1ccc(NC(=O)[C@H]2CC(=O)N(Cc3ccc4c(c3)OCO4)C(=Nc3ccc(Cl)cc3)S2)cc1. The maximum absolute atomic E-state index is 13.4. The van der Waals surface area contributed by atoms with Crippen molar-refractivity contribution in [3.63, 3.8) is 0 Å². The van der Waals surface area contributed by atoms with Gasteiger partial charge in [0.2, 0.25) is 18.6 Å². The molecule has 11 heteroatoms. The molecule has 2 heterocycles. The number of nitrogens with zero attached hydrogens (tertiary/aromatic N) is 2. The highest BCUT2D eigenvalue weighted by Gasteiger charge is 2.36. The summed E-state index contributed by atoms with van der Waals surface area (Å²) in [5, 5.41) is 3.08. The predicted molar refractivity (Wildman–Crippen MR) is 149 cm³/mol. The molecule has 3 aromatic carbocycles. The van der Waals surface area contributed by atoms with Crippen molar-refractivity contribution < 1.29 is 28.6 Å². The Morgan fingerprint density at radius 3 is 2.56 bits per heavy atom. The van der Waals surface area contributed by atoms with E-state index in [1.807, 2.05) is 12.1 Å². The number of nitrogens with one attached hydrogen (secondary N) is 1. The van der Waals surface area contributed by atoms with Crippen molar-refractivity contribution in [2.75, 3.05) is 18.7 Å². The van der Waals surface area contributed by atoms with Crippen LogP contribution in [0.1, 0.15) is 29.3 Å². The van der Waals surface area contributed by atoms with Crippen LogP contribution < -0.4 is 14.8 Å². The zero-order valence-corrected chi connectivity index (χ0v) is 22.5. The topological polar surface area (TPSA) is 107 Å². The molecule has 3 aromatic rings. The summed E-state index contributed by atoms with van der Waals surface area (Å²) in [6.45, 7) is 2.41. The highest BCUT2D eigenvalue weighted by Crippen LogP contribution is 2.35. The maximum Gasteiger partial charge on any atom is 0.338 e. The summed E-state index contributed by atoms with van der Waals surface area (Å²) in [7, 11) is 0. The number of thioether (sulfide) groups is 1. The Kier molecular flexibility index (Phi) is 8.04. The zero-order valence-electron chi connectivity index (χ0n) is 20.9. The number of fused-ring (bicyclic) bond motifs is 1. The first-order chi connectivity index (χ1) is 18.9. The van der Waals surface area contributed by atoms with Crippen LogP contribution >= 0.6 is 23.4 Å². The van der Waals surface area contributed by atoms with Crippen LogP contribution in [-0.4, -0.2) is 46.5 Å². The van der Waals surface area contributed by atoms with E-state index in [1.54, 1.807) is 66.4 Å². The van der Waals surface area contributed by atoms with Gasteiger partial charge in [-0.3, -0.25) is 14.5 Å². The quantitative estimate of drug-likeness (QED) is 0.382. The van der Waals surface area contributed by atoms with E-state index in [0.717, 1.165) is 5.56 Å². The third-order valence-electron chi connectivity index (χ3n) is 5.92. The number of rotatable bonds is 7. The lowest BCUT2D eigenvalue weighted by atomic mass is 10.1. The Bertz CT molecular complexity index is 1430. The van der Waals surface area contributed by atoms with Gasteiger partial charge in [0.1, 0.15) is 5.25 Å². The van der Waals surface area contributed by atoms with Gasteiger partial charge < -0.3 is 19.5 Å². The molecule has 1 saturated heterocycles. The lowest BCUT2D eigenvalue weighted by Gasteiger charge is -2.32. The van der Waals surface area contributed by atoms with Gasteiger partial charge >= 0.3 is 5.97 Å². The first-order valence-corrected chi connectivity index (χ1v) is 13.4. The first kappa shape index (κ1) is 26.6. The number of amides is 2. The molecule has 2 amide bonds. The van der Waals surface area contributed by atoms with E-state index in [0.29, 0.717) is 38.6 Å². The van der Waals surface area contributed by atoms with Crippen molar-refractivity contribution in [3.05, 3.63) is 82.9 Å². The number of amidine groups is 1. The molecule has 1 atom stereocenters. The number of hydrogen-bond donors (Lipinski definition) is 1. The fraction of sp³-hybridized carbons (Fsp3) is 0.214. The lowest BCUT2D eigenvalue weighted by molar-refractivity contribution is -0.129. The fourth-order valence-corrected chi connectivity index (χ4v) is 5.20. The number of esters is 1. The molecular weight excluding hydrogens is 542 g/mol. The highest BCUT2D eigenvalue weighted by molar-refractivity contribution is 8.15. The van der Waals surface area contributed by atoms with Crippen LogP contribution in [-0.2, 0) is 20.9 Å². The standard InChI is InChI=1S/C28H24ClN3O6S/c1-2-36-27(35)18-4-8-20(9-5-18)30-26(34)24-14-25(33)32(15-17-3-12-22-23(13-17)38-16-37-22)28(39-24)31-21-10-6-19(29)7-11-21/h3-13,24H,2,14-16H2,1H3,(H,30,34)/t24-/m1/s1. The number of hydrogen-bond acceptors (Lipinski definition) is 8. The average Bonchev–Trinajstić information content (AvgIpc) is 3.40. The first-order valence-electron chi connectivity index (χ1n) is 12.2. The summed E-state index contributed by atoms with van der Waals surface area (Å²) in [6, 6.07) is 18.8. The van der Waals surface area contributed by atoms with Gasteiger partial charge in [-0.2, -0.15) is 0 Å². The predicted octanol–water partition coefficient (Wildman–Crippen LogP) is 5.41. The number of anilines is 1. The fourth-order valence-electron chi connectivity index (χ4n) is 3.97. The van der Waals surface area contributed by atoms with E-state index in [1.165, 1.54) is 11.8 Å². The molecule has 2 aliphatic heterocycles. The minimum absolute atomic E-state index is 0.0123. The Morgan fingerprint density at radius 2 is 1.82 bits per heavy atom. The van der Waals surface area contributed by atoms with Gasteiger partial charge in [0.25, 0.3) is 0 Å². The summed E-state index contributed by atoms with van der Waals surface area (Å²) in [5.74, 6) is 0.252. The highest BCUT2D eigenvalue weighted by atomic mass is 35.5. The summed E-state index contributed by atoms with van der Waals surface area (Å²) in [6.07, 6.45) is -0.0123. The van der Waals surface area contributed by atoms with Gasteiger partial charge in [-0.05, 0) is 73.2 Å². The van der Waals surface area contributed by atoms with Crippen molar-refractivity contribution in [1.29, 1.82) is 0 Å². The summed E-state index contributed by atoms with van der Waals surface area (Å²) in [4.78, 5) is 44.7. The second kappa shape index (κ2) is 11.8. The molecular formula is C28H24ClN3O6S. The molecule has 0 saturated carbocycles. The molecule has 5 rings (SSSR count). The Labute approximate surface area is 234 Å². The van der Waals surface area contributed by atoms with Gasteiger partial charge in [-0.15, -0.1) is 0 Å². The van der Waals surface area contributed by atoms with Crippen molar-refractivity contribution >= 4 is 57.7 Å². The second-order valence-electron chi connectivity index (χ2n) is 8.64. The molecule has 0 aromatic heterocycles. The minimum atomic E-state index is -0.707. The minimum Gasteiger partial charge on any atom is -0.462 e. The van der Waals surface area contributed by atoms with Gasteiger partial charge in [0.05, 0.1) is 24.4 Å². The van der Waals surface area contributed by atoms with Crippen LogP contribution in [0.2, 0.25) is 5.02 Å². The Morgan fingerprint density at radius 1 is 1.08 bits per heavy atom. The average molecular weight is 566 g/mol. The zero-order chi connectivity index (χ0) is 27.4. The largest absolute Gasteiger partial charge is 0.462 e. The normalized spacial score (nSPS) is 17.3. The van der Waals surface area contributed by atoms with Crippen LogP contribution in [0, 0.1) is 0 Å². The van der Waals surface area contributed by atoms with Gasteiger partial charge in [0.15, 0.2) is 16.7 Å². The monoisotopic (exact) mass is 565 g/mol. The number of benzene rings is 3. The third kappa shape index (κ3) is 6.35. The number of halogens is 1. The van der Waals surface area contributed by atoms with Crippen molar-refractivity contribution in [2.24, 2.45) is 4.99 Å². The van der Waals surface area contributed by atoms with Gasteiger partial charge in [-0.1, -0.05) is 29.4 Å². The Balaban J connectivity index is 1.35. The van der Waals surface area contributed by atoms with E-state index in [9.17, 15) is 14.4 Å². The van der Waals surface area contributed by atoms with Crippen molar-refractivity contribution in [2.45, 2.75) is 25.1 Å². The van der Waals surface area contributed by atoms with Crippen LogP contribution in [0.25, 0.3) is 0 Å². The van der Waals surface area contributed by atoms with Crippen molar-refractivity contribution in [3.8, 4) is 11.5 Å². The van der Waals surface area contributed by atoms with Crippen LogP contribution in [0.15, 0.2) is 71.7 Å². The van der Waals surface area contributed by atoms with Gasteiger partial charge in [-0.25, -0.2) is 9.79 Å². The van der Waals surface area contributed by atoms with E-state index >= 15 is 0 Å². The molecule has 1 fully saturated rings. The molecule has 0 bridgehead atoms. The molecule has 1 N–H and O–H groups in total. The molecule has 39 heavy (non-hydrogen) atoms. The van der Waals surface area contributed by atoms with E-state index in [2.05, 4.69) is 10.3 Å². The maximum atomic E-state index is 13.4. The molecule has 0 aliphatic carbocycles. The van der Waals surface area contributed by atoms with E-state index in [-0.39, 0.29) is 38.2 Å². The van der Waals surface area contributed by atoms with Gasteiger partial charge in [0, 0.05) is 17.1 Å². The van der Waals surface area contributed by atoms with E-state index < -0.39 is 11.2 Å². The molecule has 0 spiro atoms. The van der Waals surface area contributed by atoms with Crippen LogP contribution in [0.4, 0.5) is 11.4 Å². The summed E-state index contributed by atoms with van der Waals surface area (Å²) in [5.41, 5.74) is 2.32. The molecule has 200 valence electrons. The lowest BCUT2D eigenvalue weighted by Crippen LogP contribution is -2.44. The number of carbonyl (C=O) groups excluding carboxylic acids is 3. The Hall–Kier alpha value is -4.02. The smallest absolute Gasteiger partial charge is 0.338 e. The molecule has 9 nitrogen and oxygen atoms in total. The number of ether oxygens (including phenoxy) is 3. The number of aliphatic imine (C=N–C) groups is 1. The number of carbonyl (C=O) groups is 3. The third-order valence-corrected chi connectivity index (χ3v) is 7.36. The summed E-state index contributed by atoms with van der Waals surface area (Å²) < 4.78 is 15.9. The molecule has 2 aliphatic rings.